The Bertz CT molecular complexity index is 503. The number of fused-ring (bicyclic) bond motifs is 1. The van der Waals surface area contributed by atoms with Crippen LogP contribution in [-0.2, 0) is 0 Å². The van der Waals surface area contributed by atoms with E-state index in [0.29, 0.717) is 11.5 Å². The molecule has 0 radical (unpaired) electrons. The molecule has 0 spiro atoms. The van der Waals surface area contributed by atoms with Crippen LogP contribution < -0.4 is 0 Å². The van der Waals surface area contributed by atoms with Gasteiger partial charge in [-0.3, -0.25) is 4.98 Å². The Morgan fingerprint density at radius 1 is 1.12 bits per heavy atom. The van der Waals surface area contributed by atoms with Crippen molar-refractivity contribution in [2.24, 2.45) is 0 Å². The van der Waals surface area contributed by atoms with Gasteiger partial charge in [-0.2, -0.15) is 0 Å². The van der Waals surface area contributed by atoms with Crippen LogP contribution in [0.1, 0.15) is 44.9 Å². The fraction of sp³-hybridized carbons (Fsp3) is 0.400. The molecule has 0 fully saturated rings. The van der Waals surface area contributed by atoms with Gasteiger partial charge in [-0.15, -0.1) is 0 Å². The number of hydrogen-bond acceptors (Lipinski definition) is 1. The Morgan fingerprint density at radius 2 is 1.76 bits per heavy atom. The second kappa shape index (κ2) is 5.76. The van der Waals surface area contributed by atoms with Gasteiger partial charge in [0.25, 0.3) is 0 Å². The first-order valence-corrected chi connectivity index (χ1v) is 6.14. The zero-order chi connectivity index (χ0) is 13.0. The van der Waals surface area contributed by atoms with Crippen LogP contribution in [0.5, 0.6) is 0 Å². The molecule has 0 amide bonds. The van der Waals surface area contributed by atoms with Crippen molar-refractivity contribution in [3.63, 3.8) is 0 Å². The van der Waals surface area contributed by atoms with E-state index in [4.69, 9.17) is 0 Å². The lowest BCUT2D eigenvalue weighted by atomic mass is 10.1. The molecule has 0 saturated heterocycles. The predicted octanol–water partition coefficient (Wildman–Crippen LogP) is 4.83. The van der Waals surface area contributed by atoms with Gasteiger partial charge in [0.15, 0.2) is 0 Å². The quantitative estimate of drug-likeness (QED) is 0.687. The third kappa shape index (κ3) is 3.02. The number of benzene rings is 1. The topological polar surface area (TPSA) is 12.9 Å². The highest BCUT2D eigenvalue weighted by Gasteiger charge is 2.05. The minimum atomic E-state index is -0.184. The molecule has 0 aliphatic rings. The fourth-order valence-electron chi connectivity index (χ4n) is 1.60. The summed E-state index contributed by atoms with van der Waals surface area (Å²) in [6.07, 6.45) is 0. The van der Waals surface area contributed by atoms with Crippen LogP contribution >= 0.6 is 0 Å². The molecule has 0 saturated carbocycles. The number of hydrogen-bond donors (Lipinski definition) is 0. The Labute approximate surface area is 103 Å². The fourth-order valence-corrected chi connectivity index (χ4v) is 1.60. The Kier molecular flexibility index (Phi) is 4.62. The van der Waals surface area contributed by atoms with E-state index in [9.17, 15) is 4.39 Å². The van der Waals surface area contributed by atoms with Gasteiger partial charge < -0.3 is 0 Å². The molecule has 2 rings (SSSR count). The van der Waals surface area contributed by atoms with Crippen LogP contribution in [0.4, 0.5) is 4.39 Å². The molecular weight excluding hydrogens is 213 g/mol. The Morgan fingerprint density at radius 3 is 2.35 bits per heavy atom. The monoisotopic (exact) mass is 233 g/mol. The van der Waals surface area contributed by atoms with Gasteiger partial charge in [0, 0.05) is 17.1 Å². The van der Waals surface area contributed by atoms with Crippen molar-refractivity contribution in [3.8, 4) is 0 Å². The third-order valence-corrected chi connectivity index (χ3v) is 2.58. The smallest absolute Gasteiger partial charge is 0.128 e. The van der Waals surface area contributed by atoms with Crippen molar-refractivity contribution in [1.82, 2.24) is 4.98 Å². The van der Waals surface area contributed by atoms with Crippen molar-refractivity contribution in [3.05, 3.63) is 41.3 Å². The summed E-state index contributed by atoms with van der Waals surface area (Å²) in [6.45, 7) is 9.93. The Hall–Kier alpha value is -1.44. The molecule has 17 heavy (non-hydrogen) atoms. The molecule has 1 aromatic heterocycles. The van der Waals surface area contributed by atoms with Gasteiger partial charge in [0.2, 0.25) is 0 Å². The van der Waals surface area contributed by atoms with Gasteiger partial charge in [0.05, 0.1) is 5.52 Å². The molecule has 0 unspecified atom stereocenters. The van der Waals surface area contributed by atoms with Crippen LogP contribution in [0.15, 0.2) is 24.3 Å². The second-order valence-electron chi connectivity index (χ2n) is 4.18. The lowest BCUT2D eigenvalue weighted by Gasteiger charge is -2.06. The maximum Gasteiger partial charge on any atom is 0.128 e. The molecule has 1 heterocycles. The molecule has 2 heteroatoms. The highest BCUT2D eigenvalue weighted by Crippen LogP contribution is 2.20. The standard InChI is InChI=1S/C13H14FN.C2H6/c1-8(2)12-5-4-10-6-9(3)11(14)7-13(10)15-12;1-2/h4-8H,1-3H3;1-2H3. The number of aromatic nitrogens is 1. The van der Waals surface area contributed by atoms with Crippen LogP contribution in [-0.4, -0.2) is 4.98 Å². The van der Waals surface area contributed by atoms with Gasteiger partial charge in [-0.25, -0.2) is 4.39 Å². The highest BCUT2D eigenvalue weighted by atomic mass is 19.1. The molecule has 0 atom stereocenters. The van der Waals surface area contributed by atoms with E-state index in [1.165, 1.54) is 6.07 Å². The molecule has 0 aliphatic heterocycles. The van der Waals surface area contributed by atoms with Crippen molar-refractivity contribution in [2.75, 3.05) is 0 Å². The second-order valence-corrected chi connectivity index (χ2v) is 4.18. The summed E-state index contributed by atoms with van der Waals surface area (Å²) in [6, 6.07) is 7.35. The normalized spacial score (nSPS) is 10.3. The molecule has 1 aromatic carbocycles. The highest BCUT2D eigenvalue weighted by molar-refractivity contribution is 5.79. The van der Waals surface area contributed by atoms with E-state index in [2.05, 4.69) is 18.8 Å². The lowest BCUT2D eigenvalue weighted by Crippen LogP contribution is -1.93. The van der Waals surface area contributed by atoms with Gasteiger partial charge in [0.1, 0.15) is 5.82 Å². The molecule has 0 aliphatic carbocycles. The van der Waals surface area contributed by atoms with Crippen molar-refractivity contribution < 1.29 is 4.39 Å². The van der Waals surface area contributed by atoms with Crippen LogP contribution in [0.3, 0.4) is 0 Å². The minimum absolute atomic E-state index is 0.184. The first kappa shape index (κ1) is 13.6. The summed E-state index contributed by atoms with van der Waals surface area (Å²) in [7, 11) is 0. The molecule has 92 valence electrons. The van der Waals surface area contributed by atoms with Crippen molar-refractivity contribution >= 4 is 10.9 Å². The van der Waals surface area contributed by atoms with Gasteiger partial charge >= 0.3 is 0 Å². The molecule has 2 aromatic rings. The molecule has 1 nitrogen and oxygen atoms in total. The number of nitrogens with zero attached hydrogens (tertiary/aromatic N) is 1. The number of halogens is 1. The zero-order valence-electron chi connectivity index (χ0n) is 11.2. The van der Waals surface area contributed by atoms with Gasteiger partial charge in [-0.05, 0) is 30.5 Å². The first-order chi connectivity index (χ1) is 8.08. The average Bonchev–Trinajstić information content (AvgIpc) is 2.32. The van der Waals surface area contributed by atoms with E-state index >= 15 is 0 Å². The van der Waals surface area contributed by atoms with E-state index < -0.39 is 0 Å². The zero-order valence-corrected chi connectivity index (χ0v) is 11.2. The van der Waals surface area contributed by atoms with Crippen LogP contribution in [0.25, 0.3) is 10.9 Å². The molecular formula is C15H20FN. The maximum absolute atomic E-state index is 13.3. The SMILES string of the molecule is CC.Cc1cc2ccc(C(C)C)nc2cc1F. The number of rotatable bonds is 1. The summed E-state index contributed by atoms with van der Waals surface area (Å²) in [5, 5.41) is 0.998. The summed E-state index contributed by atoms with van der Waals surface area (Å²) in [5.74, 6) is 0.190. The maximum atomic E-state index is 13.3. The summed E-state index contributed by atoms with van der Waals surface area (Å²) >= 11 is 0. The summed E-state index contributed by atoms with van der Waals surface area (Å²) in [4.78, 5) is 4.44. The first-order valence-electron chi connectivity index (χ1n) is 6.14. The number of pyridine rings is 1. The Balaban J connectivity index is 0.000000686. The minimum Gasteiger partial charge on any atom is -0.252 e. The van der Waals surface area contributed by atoms with E-state index in [0.717, 1.165) is 16.6 Å². The molecule has 0 bridgehead atoms. The molecule has 0 N–H and O–H groups in total. The number of aryl methyl sites for hydroxylation is 1. The predicted molar refractivity (Wildman–Crippen MR) is 71.9 cm³/mol. The van der Waals surface area contributed by atoms with E-state index in [1.54, 1.807) is 6.92 Å². The average molecular weight is 233 g/mol. The largest absolute Gasteiger partial charge is 0.252 e. The van der Waals surface area contributed by atoms with E-state index in [1.807, 2.05) is 32.0 Å². The van der Waals surface area contributed by atoms with Gasteiger partial charge in [-0.1, -0.05) is 33.8 Å². The lowest BCUT2D eigenvalue weighted by molar-refractivity contribution is 0.620. The van der Waals surface area contributed by atoms with Crippen molar-refractivity contribution in [1.29, 1.82) is 0 Å². The summed E-state index contributed by atoms with van der Waals surface area (Å²) in [5.41, 5.74) is 2.41. The third-order valence-electron chi connectivity index (χ3n) is 2.58. The summed E-state index contributed by atoms with van der Waals surface area (Å²) < 4.78 is 13.3. The van der Waals surface area contributed by atoms with E-state index in [-0.39, 0.29) is 5.82 Å². The van der Waals surface area contributed by atoms with Crippen molar-refractivity contribution in [2.45, 2.75) is 40.5 Å². The van der Waals surface area contributed by atoms with Crippen LogP contribution in [0.2, 0.25) is 0 Å². The van der Waals surface area contributed by atoms with Crippen LogP contribution in [0, 0.1) is 12.7 Å².